The molecule has 2 aromatic rings. The van der Waals surface area contributed by atoms with Crippen LogP contribution in [0.5, 0.6) is 0 Å². The van der Waals surface area contributed by atoms with E-state index >= 15 is 0 Å². The predicted molar refractivity (Wildman–Crippen MR) is 172 cm³/mol. The maximum atomic E-state index is 13.9. The van der Waals surface area contributed by atoms with Gasteiger partial charge < -0.3 is 33.5 Å². The van der Waals surface area contributed by atoms with Crippen molar-refractivity contribution in [2.45, 2.75) is 102 Å². The fourth-order valence-corrected chi connectivity index (χ4v) is 8.14. The van der Waals surface area contributed by atoms with Crippen LogP contribution in [-0.4, -0.2) is 82.3 Å². The lowest BCUT2D eigenvalue weighted by Gasteiger charge is -2.66. The number of carbonyl (C=O) groups excluding carboxylic acids is 5. The molecule has 3 fully saturated rings. The zero-order valence-corrected chi connectivity index (χ0v) is 28.5. The minimum Gasteiger partial charge on any atom is -0.459 e. The van der Waals surface area contributed by atoms with E-state index in [0.29, 0.717) is 0 Å². The van der Waals surface area contributed by atoms with E-state index in [1.54, 1.807) is 57.2 Å². The second-order valence-electron chi connectivity index (χ2n) is 13.7. The van der Waals surface area contributed by atoms with Crippen molar-refractivity contribution in [3.63, 3.8) is 0 Å². The molecular formula is C37H42O12. The number of ether oxygens (including phenoxy) is 6. The summed E-state index contributed by atoms with van der Waals surface area (Å²) in [6, 6.07) is 17.1. The Kier molecular flexibility index (Phi) is 9.52. The number of hydrogen-bond donors (Lipinski definition) is 1. The van der Waals surface area contributed by atoms with Crippen molar-refractivity contribution in [3.05, 3.63) is 77.9 Å². The van der Waals surface area contributed by atoms with Gasteiger partial charge in [-0.15, -0.1) is 0 Å². The van der Waals surface area contributed by atoms with Crippen LogP contribution < -0.4 is 0 Å². The van der Waals surface area contributed by atoms with Crippen LogP contribution in [0.4, 0.5) is 0 Å². The molecule has 2 aromatic carbocycles. The first-order chi connectivity index (χ1) is 23.0. The van der Waals surface area contributed by atoms with Crippen LogP contribution in [0.1, 0.15) is 70.8 Å². The molecule has 2 aliphatic carbocycles. The van der Waals surface area contributed by atoms with Crippen molar-refractivity contribution < 1.29 is 57.5 Å². The predicted octanol–water partition coefficient (Wildman–Crippen LogP) is 3.97. The molecule has 0 radical (unpaired) electrons. The van der Waals surface area contributed by atoms with Crippen molar-refractivity contribution in [1.29, 1.82) is 0 Å². The molecule has 1 N–H and O–H groups in total. The highest BCUT2D eigenvalue weighted by Crippen LogP contribution is 2.69. The molecular weight excluding hydrogens is 636 g/mol. The molecule has 262 valence electrons. The monoisotopic (exact) mass is 678 g/mol. The van der Waals surface area contributed by atoms with Gasteiger partial charge in [-0.05, 0) is 57.9 Å². The second kappa shape index (κ2) is 13.1. The number of esters is 5. The van der Waals surface area contributed by atoms with Gasteiger partial charge in [0.1, 0.15) is 17.8 Å². The summed E-state index contributed by atoms with van der Waals surface area (Å²) in [5.41, 5.74) is -6.49. The molecule has 1 saturated heterocycles. The lowest BCUT2D eigenvalue weighted by molar-refractivity contribution is -0.369. The minimum atomic E-state index is -2.32. The first-order valence-corrected chi connectivity index (χ1v) is 16.1. The normalized spacial score (nSPS) is 34.3. The molecule has 5 rings (SSSR count). The highest BCUT2D eigenvalue weighted by atomic mass is 16.7. The Bertz CT molecular complexity index is 1630. The summed E-state index contributed by atoms with van der Waals surface area (Å²) in [7, 11) is 0. The topological polar surface area (TPSA) is 161 Å². The number of aliphatic hydroxyl groups is 1. The molecule has 0 amide bonds. The van der Waals surface area contributed by atoms with Crippen LogP contribution in [0.25, 0.3) is 6.08 Å². The van der Waals surface area contributed by atoms with Crippen LogP contribution >= 0.6 is 0 Å². The van der Waals surface area contributed by atoms with E-state index in [2.05, 4.69) is 0 Å². The van der Waals surface area contributed by atoms with Crippen LogP contribution in [0.2, 0.25) is 0 Å². The third-order valence-electron chi connectivity index (χ3n) is 10.1. The Balaban J connectivity index is 1.75. The maximum absolute atomic E-state index is 13.9. The van der Waals surface area contributed by atoms with Gasteiger partial charge in [-0.3, -0.25) is 14.4 Å². The molecule has 9 atom stereocenters. The first kappa shape index (κ1) is 35.7. The Morgan fingerprint density at radius 2 is 1.29 bits per heavy atom. The third kappa shape index (κ3) is 6.12. The molecule has 2 saturated carbocycles. The van der Waals surface area contributed by atoms with Crippen molar-refractivity contribution in [2.24, 2.45) is 11.3 Å². The van der Waals surface area contributed by atoms with E-state index in [-0.39, 0.29) is 12.0 Å². The maximum Gasteiger partial charge on any atom is 0.338 e. The molecule has 1 spiro atoms. The second-order valence-corrected chi connectivity index (χ2v) is 13.7. The lowest BCUT2D eigenvalue weighted by Crippen LogP contribution is -2.86. The van der Waals surface area contributed by atoms with Gasteiger partial charge in [0.15, 0.2) is 23.9 Å². The van der Waals surface area contributed by atoms with Gasteiger partial charge >= 0.3 is 29.8 Å². The molecule has 1 heterocycles. The van der Waals surface area contributed by atoms with E-state index in [1.165, 1.54) is 32.1 Å². The van der Waals surface area contributed by atoms with Crippen molar-refractivity contribution in [3.8, 4) is 0 Å². The van der Waals surface area contributed by atoms with Gasteiger partial charge in [0.2, 0.25) is 0 Å². The summed E-state index contributed by atoms with van der Waals surface area (Å²) in [4.78, 5) is 65.5. The van der Waals surface area contributed by atoms with Gasteiger partial charge in [-0.1, -0.05) is 48.5 Å². The van der Waals surface area contributed by atoms with Gasteiger partial charge in [-0.25, -0.2) is 9.59 Å². The van der Waals surface area contributed by atoms with E-state index in [0.717, 1.165) is 19.4 Å². The fourth-order valence-electron chi connectivity index (χ4n) is 8.14. The van der Waals surface area contributed by atoms with Crippen molar-refractivity contribution in [1.82, 2.24) is 0 Å². The van der Waals surface area contributed by atoms with Crippen LogP contribution in [-0.2, 0) is 47.6 Å². The number of carbonyl (C=O) groups is 5. The molecule has 0 unspecified atom stereocenters. The molecule has 49 heavy (non-hydrogen) atoms. The van der Waals surface area contributed by atoms with Crippen molar-refractivity contribution in [2.75, 3.05) is 0 Å². The average molecular weight is 679 g/mol. The summed E-state index contributed by atoms with van der Waals surface area (Å²) in [5, 5.41) is 12.8. The molecule has 1 aliphatic heterocycles. The zero-order valence-electron chi connectivity index (χ0n) is 28.5. The van der Waals surface area contributed by atoms with Crippen LogP contribution in [0.15, 0.2) is 66.7 Å². The van der Waals surface area contributed by atoms with Gasteiger partial charge in [0, 0.05) is 32.8 Å². The van der Waals surface area contributed by atoms with E-state index in [9.17, 15) is 29.1 Å². The summed E-state index contributed by atoms with van der Waals surface area (Å²) >= 11 is 0. The smallest absolute Gasteiger partial charge is 0.338 e. The largest absolute Gasteiger partial charge is 0.459 e. The van der Waals surface area contributed by atoms with Gasteiger partial charge in [0.25, 0.3) is 0 Å². The summed E-state index contributed by atoms with van der Waals surface area (Å²) in [5.74, 6) is -4.67. The van der Waals surface area contributed by atoms with E-state index < -0.39 is 88.5 Å². The quantitative estimate of drug-likeness (QED) is 0.243. The zero-order chi connectivity index (χ0) is 35.9. The molecule has 12 heteroatoms. The molecule has 12 nitrogen and oxygen atoms in total. The number of fused-ring (bicyclic) bond motifs is 1. The highest BCUT2D eigenvalue weighted by Gasteiger charge is 2.87. The fraction of sp³-hybridized carbons (Fsp3) is 0.486. The van der Waals surface area contributed by atoms with E-state index in [1.807, 2.05) is 18.2 Å². The van der Waals surface area contributed by atoms with Gasteiger partial charge in [0.05, 0.1) is 16.6 Å². The number of benzene rings is 2. The van der Waals surface area contributed by atoms with Gasteiger partial charge in [-0.2, -0.15) is 0 Å². The lowest BCUT2D eigenvalue weighted by atomic mass is 9.46. The minimum absolute atomic E-state index is 0.0224. The SMILES string of the molecule is CC(=O)O[C@H]1[C@H](OC(=O)c2ccccc2)[C@@]2(C)[C@@H](OC(=O)C=Cc3ccccc3)C[C@@H]3[C@@H](OC(C)=O)[C@]2(OC3(C)C)[C@@](C)(O)[C@H]1OC(C)=O. The highest BCUT2D eigenvalue weighted by molar-refractivity contribution is 5.89. The summed E-state index contributed by atoms with van der Waals surface area (Å²) < 4.78 is 36.7. The summed E-state index contributed by atoms with van der Waals surface area (Å²) in [6.07, 6.45) is -4.54. The molecule has 3 aliphatic rings. The average Bonchev–Trinajstić information content (AvgIpc) is 3.21. The Hall–Kier alpha value is -4.55. The number of hydrogen-bond acceptors (Lipinski definition) is 12. The third-order valence-corrected chi connectivity index (χ3v) is 10.1. The van der Waals surface area contributed by atoms with E-state index in [4.69, 9.17) is 28.4 Å². The Morgan fingerprint density at radius 3 is 1.86 bits per heavy atom. The number of rotatable bonds is 8. The Labute approximate surface area is 284 Å². The summed E-state index contributed by atoms with van der Waals surface area (Å²) in [6.45, 7) is 9.79. The van der Waals surface area contributed by atoms with Crippen LogP contribution in [0, 0.1) is 11.3 Å². The molecule has 2 bridgehead atoms. The first-order valence-electron chi connectivity index (χ1n) is 16.1. The Morgan fingerprint density at radius 1 is 0.735 bits per heavy atom. The molecule has 0 aromatic heterocycles. The van der Waals surface area contributed by atoms with Crippen LogP contribution in [0.3, 0.4) is 0 Å². The standard InChI is InChI=1S/C37H42O12/c1-21(38)44-29-31(48-33(42)25-16-12-9-13-17-25)35(6)27(47-28(41)19-18-24-14-10-8-11-15-24)20-26-30(45-22(2)39)37(35,49-34(26,4)5)36(7,43)32(29)46-23(3)40/h8-19,26-27,29-32,43H,20H2,1-7H3/t26-,27+,29+,30-,31+,32+,35-,36+,37-/m1/s1. The van der Waals surface area contributed by atoms with Crippen molar-refractivity contribution >= 4 is 35.9 Å².